The zero-order valence-corrected chi connectivity index (χ0v) is 12.2. The van der Waals surface area contributed by atoms with Crippen molar-refractivity contribution in [3.05, 3.63) is 29.8 Å². The van der Waals surface area contributed by atoms with Crippen molar-refractivity contribution in [1.82, 2.24) is 4.90 Å². The summed E-state index contributed by atoms with van der Waals surface area (Å²) >= 11 is 0. The molecule has 1 aliphatic heterocycles. The fraction of sp³-hybridized carbons (Fsp3) is 0.562. The molecule has 0 saturated carbocycles. The SMILES string of the molecule is CCCOc1cccc(C(=O)N2CCC(C(C)O)C2)c1. The van der Waals surface area contributed by atoms with Crippen LogP contribution in [-0.2, 0) is 0 Å². The molecule has 20 heavy (non-hydrogen) atoms. The number of benzene rings is 1. The van der Waals surface area contributed by atoms with Gasteiger partial charge in [-0.25, -0.2) is 0 Å². The summed E-state index contributed by atoms with van der Waals surface area (Å²) in [6.07, 6.45) is 1.46. The van der Waals surface area contributed by atoms with Crippen molar-refractivity contribution < 1.29 is 14.6 Å². The van der Waals surface area contributed by atoms with Gasteiger partial charge in [-0.05, 0) is 38.0 Å². The maximum atomic E-state index is 12.4. The van der Waals surface area contributed by atoms with E-state index in [1.165, 1.54) is 0 Å². The Bertz CT molecular complexity index is 459. The first kappa shape index (κ1) is 14.9. The van der Waals surface area contributed by atoms with Crippen molar-refractivity contribution in [1.29, 1.82) is 0 Å². The highest BCUT2D eigenvalue weighted by Gasteiger charge is 2.29. The lowest BCUT2D eigenvalue weighted by Crippen LogP contribution is -2.30. The summed E-state index contributed by atoms with van der Waals surface area (Å²) in [7, 11) is 0. The summed E-state index contributed by atoms with van der Waals surface area (Å²) in [4.78, 5) is 14.2. The van der Waals surface area contributed by atoms with Crippen LogP contribution in [0.4, 0.5) is 0 Å². The van der Waals surface area contributed by atoms with Gasteiger partial charge < -0.3 is 14.7 Å². The molecule has 4 nitrogen and oxygen atoms in total. The van der Waals surface area contributed by atoms with Gasteiger partial charge in [0.15, 0.2) is 0 Å². The van der Waals surface area contributed by atoms with E-state index in [1.54, 1.807) is 13.0 Å². The van der Waals surface area contributed by atoms with Gasteiger partial charge >= 0.3 is 0 Å². The molecule has 2 unspecified atom stereocenters. The van der Waals surface area contributed by atoms with Crippen LogP contribution in [0, 0.1) is 5.92 Å². The Morgan fingerprint density at radius 2 is 2.35 bits per heavy atom. The van der Waals surface area contributed by atoms with E-state index >= 15 is 0 Å². The Kier molecular flexibility index (Phi) is 5.01. The number of carbonyl (C=O) groups excluding carboxylic acids is 1. The van der Waals surface area contributed by atoms with E-state index in [-0.39, 0.29) is 17.9 Å². The van der Waals surface area contributed by atoms with Gasteiger partial charge in [-0.3, -0.25) is 4.79 Å². The Morgan fingerprint density at radius 3 is 3.00 bits per heavy atom. The lowest BCUT2D eigenvalue weighted by molar-refractivity contribution is 0.0762. The third kappa shape index (κ3) is 3.51. The average Bonchev–Trinajstić information content (AvgIpc) is 2.94. The molecule has 0 aromatic heterocycles. The molecule has 0 aliphatic carbocycles. The first-order chi connectivity index (χ1) is 9.61. The first-order valence-corrected chi connectivity index (χ1v) is 7.32. The lowest BCUT2D eigenvalue weighted by Gasteiger charge is -2.18. The highest BCUT2D eigenvalue weighted by atomic mass is 16.5. The molecule has 0 radical (unpaired) electrons. The van der Waals surface area contributed by atoms with Crippen molar-refractivity contribution in [2.75, 3.05) is 19.7 Å². The van der Waals surface area contributed by atoms with E-state index < -0.39 is 0 Å². The Hall–Kier alpha value is -1.55. The van der Waals surface area contributed by atoms with Crippen LogP contribution in [0.15, 0.2) is 24.3 Å². The van der Waals surface area contributed by atoms with Crippen LogP contribution in [0.3, 0.4) is 0 Å². The quantitative estimate of drug-likeness (QED) is 0.898. The number of ether oxygens (including phenoxy) is 1. The predicted octanol–water partition coefficient (Wildman–Crippen LogP) is 2.32. The molecular weight excluding hydrogens is 254 g/mol. The van der Waals surface area contributed by atoms with Gasteiger partial charge in [0.1, 0.15) is 5.75 Å². The third-order valence-electron chi connectivity index (χ3n) is 3.75. The summed E-state index contributed by atoms with van der Waals surface area (Å²) in [5, 5.41) is 9.61. The normalized spacial score (nSPS) is 19.9. The summed E-state index contributed by atoms with van der Waals surface area (Å²) in [5.41, 5.74) is 0.657. The van der Waals surface area contributed by atoms with E-state index in [0.717, 1.165) is 18.6 Å². The molecule has 2 rings (SSSR count). The molecule has 110 valence electrons. The van der Waals surface area contributed by atoms with Crippen molar-refractivity contribution in [3.63, 3.8) is 0 Å². The second-order valence-corrected chi connectivity index (χ2v) is 5.42. The number of nitrogens with zero attached hydrogens (tertiary/aromatic N) is 1. The third-order valence-corrected chi connectivity index (χ3v) is 3.75. The predicted molar refractivity (Wildman–Crippen MR) is 77.9 cm³/mol. The van der Waals surface area contributed by atoms with Crippen molar-refractivity contribution in [3.8, 4) is 5.75 Å². The van der Waals surface area contributed by atoms with Crippen LogP contribution in [-0.4, -0.2) is 41.7 Å². The van der Waals surface area contributed by atoms with Gasteiger partial charge in [0.25, 0.3) is 5.91 Å². The van der Waals surface area contributed by atoms with E-state index in [0.29, 0.717) is 25.3 Å². The van der Waals surface area contributed by atoms with E-state index in [9.17, 15) is 9.90 Å². The number of hydrogen-bond acceptors (Lipinski definition) is 3. The zero-order chi connectivity index (χ0) is 14.5. The highest BCUT2D eigenvalue weighted by molar-refractivity contribution is 5.94. The fourth-order valence-corrected chi connectivity index (χ4v) is 2.49. The number of carbonyl (C=O) groups is 1. The molecule has 1 fully saturated rings. The molecule has 0 spiro atoms. The fourth-order valence-electron chi connectivity index (χ4n) is 2.49. The molecule has 1 aromatic carbocycles. The van der Waals surface area contributed by atoms with E-state index in [1.807, 2.05) is 23.1 Å². The molecule has 1 saturated heterocycles. The molecule has 1 N–H and O–H groups in total. The minimum absolute atomic E-state index is 0.0232. The largest absolute Gasteiger partial charge is 0.494 e. The van der Waals surface area contributed by atoms with Crippen LogP contribution < -0.4 is 4.74 Å². The second-order valence-electron chi connectivity index (χ2n) is 5.42. The number of rotatable bonds is 5. The van der Waals surface area contributed by atoms with Crippen LogP contribution >= 0.6 is 0 Å². The Morgan fingerprint density at radius 1 is 1.55 bits per heavy atom. The molecule has 4 heteroatoms. The summed E-state index contributed by atoms with van der Waals surface area (Å²) in [5.74, 6) is 0.956. The molecule has 1 aliphatic rings. The topological polar surface area (TPSA) is 49.8 Å². The summed E-state index contributed by atoms with van der Waals surface area (Å²) in [6.45, 7) is 5.85. The van der Waals surface area contributed by atoms with Gasteiger partial charge in [0.2, 0.25) is 0 Å². The van der Waals surface area contributed by atoms with E-state index in [2.05, 4.69) is 6.92 Å². The van der Waals surface area contributed by atoms with Gasteiger partial charge in [-0.2, -0.15) is 0 Å². The molecule has 1 heterocycles. The van der Waals surface area contributed by atoms with Gasteiger partial charge in [-0.1, -0.05) is 13.0 Å². The summed E-state index contributed by atoms with van der Waals surface area (Å²) in [6, 6.07) is 7.33. The Labute approximate surface area is 120 Å². The van der Waals surface area contributed by atoms with Crippen LogP contribution in [0.1, 0.15) is 37.0 Å². The minimum atomic E-state index is -0.355. The molecule has 1 aromatic rings. The van der Waals surface area contributed by atoms with E-state index in [4.69, 9.17) is 4.74 Å². The maximum Gasteiger partial charge on any atom is 0.253 e. The second kappa shape index (κ2) is 6.75. The van der Waals surface area contributed by atoms with Crippen molar-refractivity contribution in [2.24, 2.45) is 5.92 Å². The van der Waals surface area contributed by atoms with Crippen LogP contribution in [0.25, 0.3) is 0 Å². The number of hydrogen-bond donors (Lipinski definition) is 1. The van der Waals surface area contributed by atoms with Crippen molar-refractivity contribution >= 4 is 5.91 Å². The smallest absolute Gasteiger partial charge is 0.253 e. The molecule has 2 atom stereocenters. The summed E-state index contributed by atoms with van der Waals surface area (Å²) < 4.78 is 5.56. The van der Waals surface area contributed by atoms with Gasteiger partial charge in [0, 0.05) is 24.6 Å². The maximum absolute atomic E-state index is 12.4. The number of likely N-dealkylation sites (tertiary alicyclic amines) is 1. The lowest BCUT2D eigenvalue weighted by atomic mass is 10.0. The van der Waals surface area contributed by atoms with Gasteiger partial charge in [-0.15, -0.1) is 0 Å². The monoisotopic (exact) mass is 277 g/mol. The van der Waals surface area contributed by atoms with Crippen LogP contribution in [0.5, 0.6) is 5.75 Å². The zero-order valence-electron chi connectivity index (χ0n) is 12.2. The minimum Gasteiger partial charge on any atom is -0.494 e. The Balaban J connectivity index is 2.02. The van der Waals surface area contributed by atoms with Crippen molar-refractivity contribution in [2.45, 2.75) is 32.8 Å². The molecular formula is C16H23NO3. The number of aliphatic hydroxyl groups excluding tert-OH is 1. The molecule has 1 amide bonds. The molecule has 0 bridgehead atoms. The average molecular weight is 277 g/mol. The number of aliphatic hydroxyl groups is 1. The first-order valence-electron chi connectivity index (χ1n) is 7.32. The highest BCUT2D eigenvalue weighted by Crippen LogP contribution is 2.23. The number of amides is 1. The van der Waals surface area contributed by atoms with Crippen LogP contribution in [0.2, 0.25) is 0 Å². The van der Waals surface area contributed by atoms with Gasteiger partial charge in [0.05, 0.1) is 12.7 Å². The standard InChI is InChI=1S/C16H23NO3/c1-3-9-20-15-6-4-5-13(10-15)16(19)17-8-7-14(11-17)12(2)18/h4-6,10,12,14,18H,3,7-9,11H2,1-2H3.